The van der Waals surface area contributed by atoms with Crippen molar-refractivity contribution in [2.45, 2.75) is 25.9 Å². The predicted octanol–water partition coefficient (Wildman–Crippen LogP) is 2.48. The first-order valence-corrected chi connectivity index (χ1v) is 10.2. The smallest absolute Gasteiger partial charge is 0.275 e. The van der Waals surface area contributed by atoms with Crippen molar-refractivity contribution in [3.63, 3.8) is 0 Å². The lowest BCUT2D eigenvalue weighted by Gasteiger charge is -2.21. The van der Waals surface area contributed by atoms with Crippen molar-refractivity contribution >= 4 is 27.5 Å². The molecule has 1 aliphatic heterocycles. The fourth-order valence-electron chi connectivity index (χ4n) is 3.25. The van der Waals surface area contributed by atoms with E-state index in [9.17, 15) is 4.79 Å². The number of rotatable bonds is 6. The molecule has 2 aromatic carbocycles. The number of amides is 1. The predicted molar refractivity (Wildman–Crippen MR) is 109 cm³/mol. The highest BCUT2D eigenvalue weighted by molar-refractivity contribution is 7.18. The summed E-state index contributed by atoms with van der Waals surface area (Å²) in [6.07, 6.45) is 0. The Morgan fingerprint density at radius 2 is 2.00 bits per heavy atom. The van der Waals surface area contributed by atoms with Crippen molar-refractivity contribution in [3.8, 4) is 11.5 Å². The molecule has 0 bridgehead atoms. The molecule has 0 fully saturated rings. The summed E-state index contributed by atoms with van der Waals surface area (Å²) in [5, 5.41) is 4.13. The Morgan fingerprint density at radius 1 is 1.21 bits per heavy atom. The van der Waals surface area contributed by atoms with Gasteiger partial charge in [0.15, 0.2) is 23.1 Å². The molecular weight excluding hydrogens is 374 g/mol. The van der Waals surface area contributed by atoms with Gasteiger partial charge in [0.2, 0.25) is 6.79 Å². The van der Waals surface area contributed by atoms with Crippen LogP contribution >= 0.6 is 11.3 Å². The number of hydrogen-bond acceptors (Lipinski definition) is 5. The molecule has 1 amide bonds. The number of carbonyl (C=O) groups excluding carboxylic acids is 1. The van der Waals surface area contributed by atoms with E-state index in [-0.39, 0.29) is 24.8 Å². The second-order valence-electron chi connectivity index (χ2n) is 7.17. The first-order chi connectivity index (χ1) is 13.5. The molecule has 1 aliphatic rings. The monoisotopic (exact) mass is 398 g/mol. The number of nitrogens with zero attached hydrogens (tertiary/aromatic N) is 1. The number of benzene rings is 2. The van der Waals surface area contributed by atoms with E-state index in [1.165, 1.54) is 4.70 Å². The van der Waals surface area contributed by atoms with Crippen LogP contribution in [0, 0.1) is 0 Å². The van der Waals surface area contributed by atoms with E-state index < -0.39 is 0 Å². The molecule has 7 heteroatoms. The molecule has 2 N–H and O–H groups in total. The summed E-state index contributed by atoms with van der Waals surface area (Å²) in [5.74, 6) is 1.48. The summed E-state index contributed by atoms with van der Waals surface area (Å²) >= 11 is 1.69. The van der Waals surface area contributed by atoms with Crippen LogP contribution in [0.3, 0.4) is 0 Å². The summed E-state index contributed by atoms with van der Waals surface area (Å²) in [6, 6.07) is 13.9. The second kappa shape index (κ2) is 7.77. The van der Waals surface area contributed by atoms with E-state index >= 15 is 0 Å². The van der Waals surface area contributed by atoms with Gasteiger partial charge in [-0.25, -0.2) is 4.98 Å². The topological polar surface area (TPSA) is 64.9 Å². The number of hydrogen-bond donors (Lipinski definition) is 2. The highest BCUT2D eigenvalue weighted by atomic mass is 32.1. The van der Waals surface area contributed by atoms with Crippen LogP contribution in [0.5, 0.6) is 11.5 Å². The Bertz CT molecular complexity index is 970. The zero-order valence-corrected chi connectivity index (χ0v) is 17.0. The minimum atomic E-state index is -0.104. The van der Waals surface area contributed by atoms with Gasteiger partial charge >= 0.3 is 0 Å². The quantitative estimate of drug-likeness (QED) is 0.670. The lowest BCUT2D eigenvalue weighted by Crippen LogP contribution is -3.10. The van der Waals surface area contributed by atoms with Crippen LogP contribution in [0.25, 0.3) is 10.2 Å². The van der Waals surface area contributed by atoms with Crippen LogP contribution < -0.4 is 19.7 Å². The zero-order valence-electron chi connectivity index (χ0n) is 16.2. The fraction of sp³-hybridized carbons (Fsp3) is 0.333. The molecule has 0 radical (unpaired) electrons. The number of quaternary nitrogens is 1. The summed E-state index contributed by atoms with van der Waals surface area (Å²) < 4.78 is 11.9. The number of nitrogens with one attached hydrogen (secondary N) is 2. The van der Waals surface area contributed by atoms with Gasteiger partial charge in [-0.3, -0.25) is 4.79 Å². The van der Waals surface area contributed by atoms with Crippen LogP contribution in [0.15, 0.2) is 42.5 Å². The molecule has 0 saturated heterocycles. The molecule has 0 saturated carbocycles. The highest BCUT2D eigenvalue weighted by Gasteiger charge is 2.23. The van der Waals surface area contributed by atoms with E-state index in [4.69, 9.17) is 14.5 Å². The number of para-hydroxylation sites is 1. The fourth-order valence-corrected chi connectivity index (χ4v) is 4.36. The number of carbonyl (C=O) groups is 1. The maximum absolute atomic E-state index is 12.6. The van der Waals surface area contributed by atoms with Crippen molar-refractivity contribution < 1.29 is 19.2 Å². The molecule has 146 valence electrons. The van der Waals surface area contributed by atoms with Crippen molar-refractivity contribution in [1.82, 2.24) is 10.3 Å². The number of thiazole rings is 1. The van der Waals surface area contributed by atoms with E-state index in [0.717, 1.165) is 32.5 Å². The first-order valence-electron chi connectivity index (χ1n) is 9.38. The number of ether oxygens (including phenoxy) is 2. The molecule has 0 spiro atoms. The van der Waals surface area contributed by atoms with E-state index in [1.54, 1.807) is 11.3 Å². The third-order valence-corrected chi connectivity index (χ3v) is 6.35. The van der Waals surface area contributed by atoms with Gasteiger partial charge in [0.25, 0.3) is 5.91 Å². The molecule has 3 aromatic rings. The van der Waals surface area contributed by atoms with Crippen molar-refractivity contribution in [3.05, 3.63) is 53.0 Å². The van der Waals surface area contributed by atoms with Gasteiger partial charge in [0.1, 0.15) is 6.04 Å². The Hall–Kier alpha value is -2.64. The van der Waals surface area contributed by atoms with Gasteiger partial charge in [0.05, 0.1) is 23.3 Å². The molecule has 3 atom stereocenters. The number of aromatic nitrogens is 1. The average molecular weight is 399 g/mol. The minimum absolute atomic E-state index is 0.00984. The molecule has 4 rings (SSSR count). The molecule has 28 heavy (non-hydrogen) atoms. The lowest BCUT2D eigenvalue weighted by atomic mass is 10.1. The second-order valence-corrected chi connectivity index (χ2v) is 8.23. The van der Waals surface area contributed by atoms with Crippen LogP contribution in [0.4, 0.5) is 0 Å². The first kappa shape index (κ1) is 18.7. The van der Waals surface area contributed by atoms with Gasteiger partial charge < -0.3 is 19.7 Å². The molecule has 2 heterocycles. The summed E-state index contributed by atoms with van der Waals surface area (Å²) in [7, 11) is 2.03. The van der Waals surface area contributed by atoms with Crippen LogP contribution in [0.1, 0.15) is 36.5 Å². The molecule has 0 aliphatic carbocycles. The largest absolute Gasteiger partial charge is 0.454 e. The third-order valence-electron chi connectivity index (χ3n) is 5.13. The van der Waals surface area contributed by atoms with Crippen molar-refractivity contribution in [2.75, 3.05) is 20.4 Å². The van der Waals surface area contributed by atoms with Crippen LogP contribution in [-0.4, -0.2) is 31.3 Å². The Labute approximate surface area is 168 Å². The molecule has 1 aromatic heterocycles. The Kier molecular flexibility index (Phi) is 5.19. The number of fused-ring (bicyclic) bond motifs is 2. The summed E-state index contributed by atoms with van der Waals surface area (Å²) in [6.45, 7) is 4.71. The normalized spacial score (nSPS) is 16.0. The lowest BCUT2D eigenvalue weighted by molar-refractivity contribution is -0.902. The van der Waals surface area contributed by atoms with Crippen molar-refractivity contribution in [1.29, 1.82) is 0 Å². The van der Waals surface area contributed by atoms with Crippen LogP contribution in [-0.2, 0) is 4.79 Å². The van der Waals surface area contributed by atoms with Gasteiger partial charge in [-0.1, -0.05) is 18.2 Å². The van der Waals surface area contributed by atoms with E-state index in [2.05, 4.69) is 18.3 Å². The molecule has 1 unspecified atom stereocenters. The molecular formula is C21H24N3O3S+. The average Bonchev–Trinajstić information content (AvgIpc) is 3.32. The standard InChI is InChI=1S/C21H23N3O3S/c1-13(15-8-9-17-18(10-15)27-12-26-17)22-20(25)11-24(3)14(2)21-23-16-6-4-5-7-19(16)28-21/h4-10,13-14H,11-12H2,1-3H3,(H,22,25)/p+1/t13-,14-/m0/s1. The van der Waals surface area contributed by atoms with Crippen molar-refractivity contribution in [2.24, 2.45) is 0 Å². The third kappa shape index (κ3) is 3.81. The van der Waals surface area contributed by atoms with E-state index in [0.29, 0.717) is 6.54 Å². The Balaban J connectivity index is 1.37. The highest BCUT2D eigenvalue weighted by Crippen LogP contribution is 2.34. The van der Waals surface area contributed by atoms with Gasteiger partial charge in [-0.2, -0.15) is 0 Å². The van der Waals surface area contributed by atoms with Crippen LogP contribution in [0.2, 0.25) is 0 Å². The molecule has 6 nitrogen and oxygen atoms in total. The minimum Gasteiger partial charge on any atom is -0.454 e. The van der Waals surface area contributed by atoms with E-state index in [1.807, 2.05) is 50.4 Å². The maximum atomic E-state index is 12.6. The number of likely N-dealkylation sites (N-methyl/N-ethyl adjacent to an activating group) is 1. The van der Waals surface area contributed by atoms with Gasteiger partial charge in [0, 0.05) is 0 Å². The maximum Gasteiger partial charge on any atom is 0.275 e. The SMILES string of the molecule is C[C@H](NC(=O)C[NH+](C)[C@@H](C)c1nc2ccccc2s1)c1ccc2c(c1)OCO2. The van der Waals surface area contributed by atoms with Gasteiger partial charge in [-0.05, 0) is 43.7 Å². The summed E-state index contributed by atoms with van der Waals surface area (Å²) in [4.78, 5) is 18.4. The zero-order chi connectivity index (χ0) is 19.7. The van der Waals surface area contributed by atoms with Gasteiger partial charge in [-0.15, -0.1) is 11.3 Å². The Morgan fingerprint density at radius 3 is 2.82 bits per heavy atom. The summed E-state index contributed by atoms with van der Waals surface area (Å²) in [5.41, 5.74) is 2.01.